The maximum Gasteiger partial charge on any atom is 0.337 e. The average Bonchev–Trinajstić information content (AvgIpc) is 2.36. The number of carboxylic acids is 1. The smallest absolute Gasteiger partial charge is 0.337 e. The molecule has 0 aliphatic heterocycles. The summed E-state index contributed by atoms with van der Waals surface area (Å²) in [6, 6.07) is 3.27. The number of rotatable bonds is 6. The molecule has 1 heterocycles. The highest BCUT2D eigenvalue weighted by atomic mass is 16.4. The lowest BCUT2D eigenvalue weighted by molar-refractivity contribution is -0.155. The zero-order valence-corrected chi connectivity index (χ0v) is 11.7. The van der Waals surface area contributed by atoms with Gasteiger partial charge in [0.2, 0.25) is 0 Å². The molecule has 110 valence electrons. The SMILES string of the molecule is CC(C)Nc1ncccc1C(=O)NCC(C)(O)C(=O)O. The molecule has 0 aliphatic carbocycles. The zero-order valence-electron chi connectivity index (χ0n) is 11.7. The first-order chi connectivity index (χ1) is 9.24. The maximum absolute atomic E-state index is 12.0. The second kappa shape index (κ2) is 6.33. The van der Waals surface area contributed by atoms with E-state index in [4.69, 9.17) is 5.11 Å². The summed E-state index contributed by atoms with van der Waals surface area (Å²) in [6.45, 7) is 4.54. The van der Waals surface area contributed by atoms with Crippen LogP contribution in [0.4, 0.5) is 5.82 Å². The van der Waals surface area contributed by atoms with E-state index in [9.17, 15) is 14.7 Å². The van der Waals surface area contributed by atoms with Crippen LogP contribution in [-0.4, -0.2) is 45.3 Å². The summed E-state index contributed by atoms with van der Waals surface area (Å²) in [6.07, 6.45) is 1.55. The molecular weight excluding hydrogens is 262 g/mol. The van der Waals surface area contributed by atoms with Gasteiger partial charge < -0.3 is 20.8 Å². The largest absolute Gasteiger partial charge is 0.479 e. The quantitative estimate of drug-likeness (QED) is 0.603. The summed E-state index contributed by atoms with van der Waals surface area (Å²) in [7, 11) is 0. The zero-order chi connectivity index (χ0) is 15.3. The molecule has 7 heteroatoms. The predicted octanol–water partition coefficient (Wildman–Crippen LogP) is 0.467. The number of hydrogen-bond donors (Lipinski definition) is 4. The summed E-state index contributed by atoms with van der Waals surface area (Å²) < 4.78 is 0. The molecule has 1 aromatic rings. The van der Waals surface area contributed by atoms with Gasteiger partial charge in [-0.1, -0.05) is 0 Å². The summed E-state index contributed by atoms with van der Waals surface area (Å²) in [5, 5.41) is 23.7. The molecule has 4 N–H and O–H groups in total. The second-order valence-electron chi connectivity index (χ2n) is 4.96. The van der Waals surface area contributed by atoms with Crippen molar-refractivity contribution in [1.29, 1.82) is 0 Å². The number of hydrogen-bond acceptors (Lipinski definition) is 5. The third-order valence-corrected chi connectivity index (χ3v) is 2.53. The lowest BCUT2D eigenvalue weighted by atomic mass is 10.1. The van der Waals surface area contributed by atoms with Crippen LogP contribution in [0.3, 0.4) is 0 Å². The van der Waals surface area contributed by atoms with Crippen LogP contribution in [0.5, 0.6) is 0 Å². The molecular formula is C13H19N3O4. The normalized spacial score (nSPS) is 13.7. The van der Waals surface area contributed by atoms with Gasteiger partial charge in [0.05, 0.1) is 12.1 Å². The monoisotopic (exact) mass is 281 g/mol. The average molecular weight is 281 g/mol. The predicted molar refractivity (Wildman–Crippen MR) is 73.6 cm³/mol. The third-order valence-electron chi connectivity index (χ3n) is 2.53. The lowest BCUT2D eigenvalue weighted by Gasteiger charge is -2.19. The molecule has 1 atom stereocenters. The number of anilines is 1. The number of aliphatic hydroxyl groups is 1. The summed E-state index contributed by atoms with van der Waals surface area (Å²) in [5.41, 5.74) is -1.72. The minimum atomic E-state index is -2.01. The van der Waals surface area contributed by atoms with Crippen LogP contribution in [-0.2, 0) is 4.79 Å². The van der Waals surface area contributed by atoms with Gasteiger partial charge in [0, 0.05) is 12.2 Å². The Labute approximate surface area is 117 Å². The van der Waals surface area contributed by atoms with E-state index in [0.717, 1.165) is 6.92 Å². The Morgan fingerprint density at radius 1 is 1.45 bits per heavy atom. The number of carbonyl (C=O) groups excluding carboxylic acids is 1. The van der Waals surface area contributed by atoms with Crippen molar-refractivity contribution in [2.45, 2.75) is 32.4 Å². The van der Waals surface area contributed by atoms with Crippen molar-refractivity contribution in [2.24, 2.45) is 0 Å². The number of aliphatic carboxylic acids is 1. The lowest BCUT2D eigenvalue weighted by Crippen LogP contribution is -2.46. The molecule has 1 aromatic heterocycles. The first-order valence-corrected chi connectivity index (χ1v) is 6.19. The summed E-state index contributed by atoms with van der Waals surface area (Å²) in [4.78, 5) is 26.8. The fraction of sp³-hybridized carbons (Fsp3) is 0.462. The van der Waals surface area contributed by atoms with Gasteiger partial charge in [-0.3, -0.25) is 4.79 Å². The van der Waals surface area contributed by atoms with Gasteiger partial charge in [0.1, 0.15) is 5.82 Å². The Morgan fingerprint density at radius 2 is 2.10 bits per heavy atom. The number of nitrogens with zero attached hydrogens (tertiary/aromatic N) is 1. The van der Waals surface area contributed by atoms with E-state index >= 15 is 0 Å². The van der Waals surface area contributed by atoms with Gasteiger partial charge in [-0.25, -0.2) is 9.78 Å². The molecule has 20 heavy (non-hydrogen) atoms. The van der Waals surface area contributed by atoms with Crippen molar-refractivity contribution in [3.05, 3.63) is 23.9 Å². The topological polar surface area (TPSA) is 112 Å². The Hall–Kier alpha value is -2.15. The van der Waals surface area contributed by atoms with Crippen LogP contribution >= 0.6 is 0 Å². The fourth-order valence-electron chi connectivity index (χ4n) is 1.40. The standard InChI is InChI=1S/C13H19N3O4/c1-8(2)16-10-9(5-4-6-14-10)11(17)15-7-13(3,20)12(18)19/h4-6,8,20H,7H2,1-3H3,(H,14,16)(H,15,17)(H,18,19). The number of nitrogens with one attached hydrogen (secondary N) is 2. The van der Waals surface area contributed by atoms with Crippen LogP contribution in [0.2, 0.25) is 0 Å². The highest BCUT2D eigenvalue weighted by Gasteiger charge is 2.30. The van der Waals surface area contributed by atoms with Gasteiger partial charge in [0.15, 0.2) is 5.60 Å². The minimum Gasteiger partial charge on any atom is -0.479 e. The van der Waals surface area contributed by atoms with E-state index in [1.54, 1.807) is 18.3 Å². The molecule has 0 saturated carbocycles. The number of carbonyl (C=O) groups is 2. The van der Waals surface area contributed by atoms with E-state index in [1.807, 2.05) is 13.8 Å². The van der Waals surface area contributed by atoms with Crippen molar-refractivity contribution in [3.8, 4) is 0 Å². The van der Waals surface area contributed by atoms with E-state index in [1.165, 1.54) is 0 Å². The first kappa shape index (κ1) is 15.9. The molecule has 0 aromatic carbocycles. The van der Waals surface area contributed by atoms with Gasteiger partial charge in [-0.15, -0.1) is 0 Å². The van der Waals surface area contributed by atoms with Crippen LogP contribution in [0.25, 0.3) is 0 Å². The molecule has 0 saturated heterocycles. The Balaban J connectivity index is 2.80. The van der Waals surface area contributed by atoms with E-state index in [0.29, 0.717) is 11.4 Å². The van der Waals surface area contributed by atoms with Gasteiger partial charge in [0.25, 0.3) is 5.91 Å². The van der Waals surface area contributed by atoms with E-state index in [-0.39, 0.29) is 6.04 Å². The third kappa shape index (κ3) is 4.20. The Kier molecular flexibility index (Phi) is 5.04. The van der Waals surface area contributed by atoms with Gasteiger partial charge >= 0.3 is 5.97 Å². The van der Waals surface area contributed by atoms with Crippen molar-refractivity contribution >= 4 is 17.7 Å². The Morgan fingerprint density at radius 3 is 2.65 bits per heavy atom. The molecule has 0 bridgehead atoms. The number of amides is 1. The molecule has 0 radical (unpaired) electrons. The molecule has 1 rings (SSSR count). The molecule has 0 fully saturated rings. The summed E-state index contributed by atoms with van der Waals surface area (Å²) >= 11 is 0. The minimum absolute atomic E-state index is 0.0959. The molecule has 1 amide bonds. The highest BCUT2D eigenvalue weighted by Crippen LogP contribution is 2.13. The number of pyridine rings is 1. The molecule has 1 unspecified atom stereocenters. The van der Waals surface area contributed by atoms with Crippen molar-refractivity contribution in [3.63, 3.8) is 0 Å². The van der Waals surface area contributed by atoms with Gasteiger partial charge in [-0.05, 0) is 32.9 Å². The molecule has 0 spiro atoms. The van der Waals surface area contributed by atoms with Crippen LogP contribution < -0.4 is 10.6 Å². The van der Waals surface area contributed by atoms with E-state index in [2.05, 4.69) is 15.6 Å². The fourth-order valence-corrected chi connectivity index (χ4v) is 1.40. The van der Waals surface area contributed by atoms with Crippen LogP contribution in [0.15, 0.2) is 18.3 Å². The van der Waals surface area contributed by atoms with Crippen LogP contribution in [0, 0.1) is 0 Å². The molecule has 7 nitrogen and oxygen atoms in total. The van der Waals surface area contributed by atoms with Crippen molar-refractivity contribution in [1.82, 2.24) is 10.3 Å². The first-order valence-electron chi connectivity index (χ1n) is 6.19. The van der Waals surface area contributed by atoms with Crippen molar-refractivity contribution < 1.29 is 19.8 Å². The Bertz CT molecular complexity index is 500. The summed E-state index contributed by atoms with van der Waals surface area (Å²) in [5.74, 6) is -1.48. The second-order valence-corrected chi connectivity index (χ2v) is 4.96. The highest BCUT2D eigenvalue weighted by molar-refractivity contribution is 5.99. The number of aromatic nitrogens is 1. The molecule has 0 aliphatic rings. The van der Waals surface area contributed by atoms with Crippen LogP contribution in [0.1, 0.15) is 31.1 Å². The maximum atomic E-state index is 12.0. The van der Waals surface area contributed by atoms with Crippen molar-refractivity contribution in [2.75, 3.05) is 11.9 Å². The van der Waals surface area contributed by atoms with E-state index < -0.39 is 24.0 Å². The number of carboxylic acid groups (broad SMARTS) is 1. The van der Waals surface area contributed by atoms with Gasteiger partial charge in [-0.2, -0.15) is 0 Å².